The Kier molecular flexibility index (Phi) is 5.33. The van der Waals surface area contributed by atoms with Gasteiger partial charge in [-0.3, -0.25) is 19.9 Å². The first kappa shape index (κ1) is 17.4. The maximum Gasteiger partial charge on any atom is 0.270 e. The molecule has 0 spiro atoms. The molecular formula is C20H18IN3O. The number of nitrogens with zero attached hydrogens (tertiary/aromatic N) is 2. The number of halogens is 1. The van der Waals surface area contributed by atoms with E-state index in [2.05, 4.69) is 33.0 Å². The van der Waals surface area contributed by atoms with E-state index in [1.807, 2.05) is 68.6 Å². The summed E-state index contributed by atoms with van der Waals surface area (Å²) in [5.41, 5.74) is 7.34. The predicted octanol–water partition coefficient (Wildman–Crippen LogP) is 4.84. The van der Waals surface area contributed by atoms with E-state index in [4.69, 9.17) is 0 Å². The van der Waals surface area contributed by atoms with Crippen LogP contribution in [-0.4, -0.2) is 16.8 Å². The molecule has 1 aromatic heterocycles. The Morgan fingerprint density at radius 2 is 1.84 bits per heavy atom. The van der Waals surface area contributed by atoms with Crippen molar-refractivity contribution in [3.05, 3.63) is 86.7 Å². The fourth-order valence-electron chi connectivity index (χ4n) is 2.55. The van der Waals surface area contributed by atoms with E-state index in [0.717, 1.165) is 26.2 Å². The van der Waals surface area contributed by atoms with Gasteiger partial charge in [-0.05, 0) is 72.8 Å². The highest BCUT2D eigenvalue weighted by Crippen LogP contribution is 2.17. The predicted molar refractivity (Wildman–Crippen MR) is 110 cm³/mol. The molecule has 3 aromatic rings. The van der Waals surface area contributed by atoms with E-state index in [0.29, 0.717) is 5.56 Å². The molecule has 2 aromatic carbocycles. The maximum absolute atomic E-state index is 12.4. The summed E-state index contributed by atoms with van der Waals surface area (Å²) in [5.74, 6) is -0.136. The topological polar surface area (TPSA) is 46.4 Å². The second-order valence-electron chi connectivity index (χ2n) is 5.71. The first-order chi connectivity index (χ1) is 12.0. The molecule has 0 aliphatic rings. The normalized spacial score (nSPS) is 11.0. The van der Waals surface area contributed by atoms with Gasteiger partial charge in [0.25, 0.3) is 5.91 Å². The minimum absolute atomic E-state index is 0.136. The van der Waals surface area contributed by atoms with Crippen LogP contribution < -0.4 is 5.43 Å². The van der Waals surface area contributed by atoms with Crippen LogP contribution in [0.1, 0.15) is 27.3 Å². The van der Waals surface area contributed by atoms with Crippen molar-refractivity contribution in [3.8, 4) is 0 Å². The van der Waals surface area contributed by atoms with Crippen LogP contribution in [0.25, 0.3) is 0 Å². The molecule has 0 atom stereocenters. The Morgan fingerprint density at radius 1 is 1.08 bits per heavy atom. The fraction of sp³-hybridized carbons (Fsp3) is 0.100. The van der Waals surface area contributed by atoms with Gasteiger partial charge in [-0.25, -0.2) is 0 Å². The molecular weight excluding hydrogens is 425 g/mol. The van der Waals surface area contributed by atoms with Crippen LogP contribution in [0.4, 0.5) is 5.69 Å². The standard InChI is InChI=1S/C20H18IN3O/c1-14-11-17(13-22-19-10-6-9-18(21)12-19)15(2)24(14)23-20(25)16-7-4-3-5-8-16/h3-13H,1-2H3,(H,23,25). The molecule has 1 amide bonds. The first-order valence-electron chi connectivity index (χ1n) is 7.89. The second kappa shape index (κ2) is 7.65. The van der Waals surface area contributed by atoms with Crippen molar-refractivity contribution in [1.82, 2.24) is 4.68 Å². The molecule has 0 fully saturated rings. The summed E-state index contributed by atoms with van der Waals surface area (Å²) in [6.07, 6.45) is 1.83. The second-order valence-corrected chi connectivity index (χ2v) is 6.95. The van der Waals surface area contributed by atoms with Crippen molar-refractivity contribution < 1.29 is 4.79 Å². The highest BCUT2D eigenvalue weighted by atomic mass is 127. The largest absolute Gasteiger partial charge is 0.270 e. The van der Waals surface area contributed by atoms with Crippen molar-refractivity contribution in [1.29, 1.82) is 0 Å². The van der Waals surface area contributed by atoms with E-state index in [-0.39, 0.29) is 5.91 Å². The van der Waals surface area contributed by atoms with Crippen LogP contribution in [0.15, 0.2) is 65.7 Å². The minimum Gasteiger partial charge on any atom is -0.267 e. The number of hydrogen-bond acceptors (Lipinski definition) is 2. The van der Waals surface area contributed by atoms with E-state index >= 15 is 0 Å². The van der Waals surface area contributed by atoms with Gasteiger partial charge in [-0.1, -0.05) is 24.3 Å². The summed E-state index contributed by atoms with van der Waals surface area (Å²) < 4.78 is 2.94. The first-order valence-corrected chi connectivity index (χ1v) is 8.97. The third-order valence-corrected chi connectivity index (χ3v) is 4.55. The average molecular weight is 443 g/mol. The minimum atomic E-state index is -0.136. The number of aryl methyl sites for hydroxylation is 1. The monoisotopic (exact) mass is 443 g/mol. The molecule has 0 bridgehead atoms. The molecule has 5 heteroatoms. The fourth-order valence-corrected chi connectivity index (χ4v) is 3.07. The lowest BCUT2D eigenvalue weighted by Gasteiger charge is -2.11. The Morgan fingerprint density at radius 3 is 2.56 bits per heavy atom. The number of nitrogens with one attached hydrogen (secondary N) is 1. The SMILES string of the molecule is Cc1cc(C=Nc2cccc(I)c2)c(C)n1NC(=O)c1ccccc1. The third kappa shape index (κ3) is 4.17. The van der Waals surface area contributed by atoms with Gasteiger partial charge in [0.05, 0.1) is 5.69 Å². The average Bonchev–Trinajstić information content (AvgIpc) is 2.88. The van der Waals surface area contributed by atoms with Crippen molar-refractivity contribution in [3.63, 3.8) is 0 Å². The number of hydrogen-bond donors (Lipinski definition) is 1. The molecule has 0 saturated heterocycles. The van der Waals surface area contributed by atoms with E-state index in [9.17, 15) is 4.79 Å². The van der Waals surface area contributed by atoms with Gasteiger partial charge in [0, 0.05) is 32.3 Å². The number of rotatable bonds is 4. The quantitative estimate of drug-likeness (QED) is 0.455. The maximum atomic E-state index is 12.4. The number of carbonyl (C=O) groups excluding carboxylic acids is 1. The molecule has 0 unspecified atom stereocenters. The van der Waals surface area contributed by atoms with Gasteiger partial charge >= 0.3 is 0 Å². The lowest BCUT2D eigenvalue weighted by Crippen LogP contribution is -2.24. The Balaban J connectivity index is 1.82. The number of amides is 1. The zero-order chi connectivity index (χ0) is 17.8. The van der Waals surface area contributed by atoms with Gasteiger partial charge in [-0.2, -0.15) is 0 Å². The summed E-state index contributed by atoms with van der Waals surface area (Å²) in [7, 11) is 0. The molecule has 1 heterocycles. The van der Waals surface area contributed by atoms with Crippen molar-refractivity contribution in [2.75, 3.05) is 5.43 Å². The van der Waals surface area contributed by atoms with Gasteiger partial charge < -0.3 is 0 Å². The molecule has 0 aliphatic heterocycles. The molecule has 126 valence electrons. The highest BCUT2D eigenvalue weighted by molar-refractivity contribution is 14.1. The molecule has 0 saturated carbocycles. The van der Waals surface area contributed by atoms with Crippen LogP contribution in [0, 0.1) is 17.4 Å². The van der Waals surface area contributed by atoms with E-state index < -0.39 is 0 Å². The zero-order valence-electron chi connectivity index (χ0n) is 14.0. The highest BCUT2D eigenvalue weighted by Gasteiger charge is 2.11. The summed E-state index contributed by atoms with van der Waals surface area (Å²) >= 11 is 2.27. The molecule has 0 aliphatic carbocycles. The van der Waals surface area contributed by atoms with Crippen LogP contribution in [0.2, 0.25) is 0 Å². The van der Waals surface area contributed by atoms with Crippen molar-refractivity contribution in [2.45, 2.75) is 13.8 Å². The smallest absolute Gasteiger partial charge is 0.267 e. The van der Waals surface area contributed by atoms with Gasteiger partial charge in [0.2, 0.25) is 0 Å². The zero-order valence-corrected chi connectivity index (χ0v) is 16.2. The van der Waals surface area contributed by atoms with Crippen LogP contribution in [-0.2, 0) is 0 Å². The Bertz CT molecular complexity index is 929. The molecule has 1 N–H and O–H groups in total. The van der Waals surface area contributed by atoms with Gasteiger partial charge in [0.15, 0.2) is 0 Å². The molecule has 0 radical (unpaired) electrons. The Labute approximate surface area is 160 Å². The number of aliphatic imine (C=N–C) groups is 1. The van der Waals surface area contributed by atoms with Crippen LogP contribution >= 0.6 is 22.6 Å². The lowest BCUT2D eigenvalue weighted by atomic mass is 10.2. The van der Waals surface area contributed by atoms with Gasteiger partial charge in [-0.15, -0.1) is 0 Å². The van der Waals surface area contributed by atoms with E-state index in [1.54, 1.807) is 16.8 Å². The number of benzene rings is 2. The van der Waals surface area contributed by atoms with Crippen molar-refractivity contribution >= 4 is 40.4 Å². The summed E-state index contributed by atoms with van der Waals surface area (Å²) in [5, 5.41) is 0. The van der Waals surface area contributed by atoms with Crippen molar-refractivity contribution in [2.24, 2.45) is 4.99 Å². The molecule has 25 heavy (non-hydrogen) atoms. The lowest BCUT2D eigenvalue weighted by molar-refractivity contribution is 0.101. The summed E-state index contributed by atoms with van der Waals surface area (Å²) in [6.45, 7) is 3.93. The van der Waals surface area contributed by atoms with Gasteiger partial charge in [0.1, 0.15) is 0 Å². The molecule has 4 nitrogen and oxygen atoms in total. The summed E-state index contributed by atoms with van der Waals surface area (Å²) in [6, 6.07) is 19.2. The Hall–Kier alpha value is -2.41. The van der Waals surface area contributed by atoms with Crippen LogP contribution in [0.5, 0.6) is 0 Å². The van der Waals surface area contributed by atoms with E-state index in [1.165, 1.54) is 0 Å². The number of aromatic nitrogens is 1. The third-order valence-electron chi connectivity index (χ3n) is 3.88. The number of carbonyl (C=O) groups is 1. The summed E-state index contributed by atoms with van der Waals surface area (Å²) in [4.78, 5) is 16.9. The van der Waals surface area contributed by atoms with Crippen LogP contribution in [0.3, 0.4) is 0 Å². The molecule has 3 rings (SSSR count).